The monoisotopic (exact) mass is 348 g/mol. The van der Waals surface area contributed by atoms with Crippen molar-refractivity contribution in [3.63, 3.8) is 0 Å². The van der Waals surface area contributed by atoms with Crippen molar-refractivity contribution in [3.05, 3.63) is 69.5 Å². The highest BCUT2D eigenvalue weighted by molar-refractivity contribution is 7.80. The summed E-state index contributed by atoms with van der Waals surface area (Å²) in [4.78, 5) is 22.0. The lowest BCUT2D eigenvalue weighted by Crippen LogP contribution is -2.43. The molecule has 0 aliphatic rings. The van der Waals surface area contributed by atoms with Gasteiger partial charge in [0.05, 0.1) is 4.92 Å². The van der Waals surface area contributed by atoms with E-state index in [1.165, 1.54) is 24.3 Å². The molecule has 0 atom stereocenters. The van der Waals surface area contributed by atoms with Crippen LogP contribution in [0.1, 0.15) is 15.9 Å². The standard InChI is InChI=1S/C15H13FN4O3S/c1-9-5-6-11(8-13(9)16)17-15(24)19-18-14(21)10-3-2-4-12(7-10)20(22)23/h2-8H,1H3,(H,18,21)(H2,17,19,24). The second-order valence-corrected chi connectivity index (χ2v) is 5.21. The van der Waals surface area contributed by atoms with Crippen molar-refractivity contribution < 1.29 is 14.1 Å². The number of nitrogens with zero attached hydrogens (tertiary/aromatic N) is 1. The molecule has 0 heterocycles. The Morgan fingerprint density at radius 3 is 2.62 bits per heavy atom. The molecule has 3 N–H and O–H groups in total. The van der Waals surface area contributed by atoms with E-state index in [4.69, 9.17) is 12.2 Å². The number of nitro groups is 1. The summed E-state index contributed by atoms with van der Waals surface area (Å²) >= 11 is 4.98. The number of hydrazine groups is 1. The van der Waals surface area contributed by atoms with Crippen molar-refractivity contribution in [1.82, 2.24) is 10.9 Å². The highest BCUT2D eigenvalue weighted by atomic mass is 32.1. The minimum absolute atomic E-state index is 0.0389. The Kier molecular flexibility index (Phi) is 5.38. The minimum atomic E-state index is -0.599. The average Bonchev–Trinajstić information content (AvgIpc) is 2.56. The first-order chi connectivity index (χ1) is 11.4. The molecule has 0 fully saturated rings. The number of thiocarbonyl (C=S) groups is 1. The van der Waals surface area contributed by atoms with Crippen LogP contribution in [0.2, 0.25) is 0 Å². The molecular weight excluding hydrogens is 335 g/mol. The summed E-state index contributed by atoms with van der Waals surface area (Å²) in [6.07, 6.45) is 0. The minimum Gasteiger partial charge on any atom is -0.331 e. The van der Waals surface area contributed by atoms with Crippen LogP contribution in [-0.4, -0.2) is 15.9 Å². The predicted molar refractivity (Wildman–Crippen MR) is 91.1 cm³/mol. The normalized spacial score (nSPS) is 9.92. The van der Waals surface area contributed by atoms with Crippen LogP contribution >= 0.6 is 12.2 Å². The number of nitrogens with one attached hydrogen (secondary N) is 3. The Balaban J connectivity index is 1.93. The molecule has 0 aliphatic heterocycles. The van der Waals surface area contributed by atoms with Gasteiger partial charge in [-0.3, -0.25) is 25.8 Å². The highest BCUT2D eigenvalue weighted by Gasteiger charge is 2.11. The lowest BCUT2D eigenvalue weighted by Gasteiger charge is -2.12. The zero-order chi connectivity index (χ0) is 17.7. The number of hydrogen-bond acceptors (Lipinski definition) is 4. The Bertz CT molecular complexity index is 813. The number of nitro benzene ring substituents is 1. The van der Waals surface area contributed by atoms with Crippen molar-refractivity contribution in [3.8, 4) is 0 Å². The predicted octanol–water partition coefficient (Wildman–Crippen LogP) is 2.67. The van der Waals surface area contributed by atoms with Crippen molar-refractivity contribution in [2.45, 2.75) is 6.92 Å². The molecule has 9 heteroatoms. The van der Waals surface area contributed by atoms with Crippen LogP contribution in [0, 0.1) is 22.9 Å². The number of aryl methyl sites for hydroxylation is 1. The van der Waals surface area contributed by atoms with Gasteiger partial charge in [-0.15, -0.1) is 0 Å². The topological polar surface area (TPSA) is 96.3 Å². The smallest absolute Gasteiger partial charge is 0.270 e. The van der Waals surface area contributed by atoms with Crippen LogP contribution in [0.3, 0.4) is 0 Å². The average molecular weight is 348 g/mol. The molecular formula is C15H13FN4O3S. The Morgan fingerprint density at radius 1 is 1.21 bits per heavy atom. The van der Waals surface area contributed by atoms with Gasteiger partial charge in [-0.1, -0.05) is 12.1 Å². The second-order valence-electron chi connectivity index (χ2n) is 4.80. The second kappa shape index (κ2) is 7.47. The van der Waals surface area contributed by atoms with Gasteiger partial charge in [-0.25, -0.2) is 4.39 Å². The maximum absolute atomic E-state index is 13.4. The lowest BCUT2D eigenvalue weighted by molar-refractivity contribution is -0.384. The first-order valence-corrected chi connectivity index (χ1v) is 7.15. The Morgan fingerprint density at radius 2 is 1.96 bits per heavy atom. The van der Waals surface area contributed by atoms with E-state index in [1.54, 1.807) is 19.1 Å². The molecule has 24 heavy (non-hydrogen) atoms. The largest absolute Gasteiger partial charge is 0.331 e. The number of hydrogen-bond donors (Lipinski definition) is 3. The summed E-state index contributed by atoms with van der Waals surface area (Å²) in [7, 11) is 0. The van der Waals surface area contributed by atoms with Crippen LogP contribution in [0.5, 0.6) is 0 Å². The van der Waals surface area contributed by atoms with Crippen LogP contribution in [0.15, 0.2) is 42.5 Å². The van der Waals surface area contributed by atoms with Gasteiger partial charge in [-0.2, -0.15) is 0 Å². The SMILES string of the molecule is Cc1ccc(NC(=S)NNC(=O)c2cccc([N+](=O)[O-])c2)cc1F. The Hall–Kier alpha value is -3.07. The molecule has 1 amide bonds. The van der Waals surface area contributed by atoms with E-state index >= 15 is 0 Å². The van der Waals surface area contributed by atoms with Gasteiger partial charge < -0.3 is 5.32 Å². The van der Waals surface area contributed by atoms with E-state index in [2.05, 4.69) is 16.2 Å². The third kappa shape index (κ3) is 4.46. The number of carbonyl (C=O) groups is 1. The molecule has 0 unspecified atom stereocenters. The van der Waals surface area contributed by atoms with Crippen LogP contribution in [0.4, 0.5) is 15.8 Å². The van der Waals surface area contributed by atoms with E-state index in [-0.39, 0.29) is 22.2 Å². The summed E-state index contributed by atoms with van der Waals surface area (Å²) in [5.41, 5.74) is 5.56. The zero-order valence-corrected chi connectivity index (χ0v) is 13.3. The van der Waals surface area contributed by atoms with E-state index in [9.17, 15) is 19.3 Å². The van der Waals surface area contributed by atoms with Gasteiger partial charge in [-0.05, 0) is 42.9 Å². The molecule has 0 aromatic heterocycles. The van der Waals surface area contributed by atoms with Crippen molar-refractivity contribution >= 4 is 34.6 Å². The lowest BCUT2D eigenvalue weighted by atomic mass is 10.2. The maximum Gasteiger partial charge on any atom is 0.270 e. The third-order valence-corrected chi connectivity index (χ3v) is 3.24. The number of rotatable bonds is 3. The van der Waals surface area contributed by atoms with Crippen LogP contribution in [-0.2, 0) is 0 Å². The van der Waals surface area contributed by atoms with Crippen LogP contribution in [0.25, 0.3) is 0 Å². The summed E-state index contributed by atoms with van der Waals surface area (Å²) in [6.45, 7) is 1.63. The van der Waals surface area contributed by atoms with E-state index < -0.39 is 10.8 Å². The van der Waals surface area contributed by atoms with Crippen LogP contribution < -0.4 is 16.2 Å². The summed E-state index contributed by atoms with van der Waals surface area (Å²) in [5, 5.41) is 13.4. The molecule has 0 spiro atoms. The quantitative estimate of drug-likeness (QED) is 0.448. The summed E-state index contributed by atoms with van der Waals surface area (Å²) < 4.78 is 13.4. The molecule has 2 rings (SSSR count). The van der Waals surface area contributed by atoms with E-state index in [0.717, 1.165) is 6.07 Å². The molecule has 2 aromatic carbocycles. The van der Waals surface area contributed by atoms with Gasteiger partial charge in [0.25, 0.3) is 11.6 Å². The number of non-ortho nitro benzene ring substituents is 1. The molecule has 0 aliphatic carbocycles. The fourth-order valence-electron chi connectivity index (χ4n) is 1.78. The summed E-state index contributed by atoms with van der Waals surface area (Å²) in [6, 6.07) is 9.74. The molecule has 0 saturated carbocycles. The molecule has 2 aromatic rings. The van der Waals surface area contributed by atoms with Crippen molar-refractivity contribution in [1.29, 1.82) is 0 Å². The fourth-order valence-corrected chi connectivity index (χ4v) is 1.95. The van der Waals surface area contributed by atoms with Gasteiger partial charge in [0.1, 0.15) is 5.82 Å². The molecule has 0 saturated heterocycles. The molecule has 0 radical (unpaired) electrons. The summed E-state index contributed by atoms with van der Waals surface area (Å²) in [5.74, 6) is -0.985. The van der Waals surface area contributed by atoms with Gasteiger partial charge >= 0.3 is 0 Å². The fraction of sp³-hybridized carbons (Fsp3) is 0.0667. The van der Waals surface area contributed by atoms with Crippen molar-refractivity contribution in [2.24, 2.45) is 0 Å². The number of halogens is 1. The molecule has 0 bridgehead atoms. The number of carbonyl (C=O) groups excluding carboxylic acids is 1. The molecule has 7 nitrogen and oxygen atoms in total. The highest BCUT2D eigenvalue weighted by Crippen LogP contribution is 2.14. The molecule has 124 valence electrons. The number of anilines is 1. The Labute approximate surface area is 142 Å². The maximum atomic E-state index is 13.4. The van der Waals surface area contributed by atoms with Gasteiger partial charge in [0.2, 0.25) is 0 Å². The van der Waals surface area contributed by atoms with Gasteiger partial charge in [0, 0.05) is 23.4 Å². The van der Waals surface area contributed by atoms with E-state index in [0.29, 0.717) is 11.3 Å². The third-order valence-electron chi connectivity index (χ3n) is 3.04. The zero-order valence-electron chi connectivity index (χ0n) is 12.5. The number of amides is 1. The first kappa shape index (κ1) is 17.3. The number of benzene rings is 2. The van der Waals surface area contributed by atoms with Crippen molar-refractivity contribution in [2.75, 3.05) is 5.32 Å². The van der Waals surface area contributed by atoms with E-state index in [1.807, 2.05) is 0 Å². The first-order valence-electron chi connectivity index (χ1n) is 6.75. The van der Waals surface area contributed by atoms with Gasteiger partial charge in [0.15, 0.2) is 5.11 Å².